The molecule has 2 rings (SSSR count). The van der Waals surface area contributed by atoms with Crippen molar-refractivity contribution >= 4 is 22.4 Å². The van der Waals surface area contributed by atoms with Crippen LogP contribution in [-0.2, 0) is 4.79 Å². The summed E-state index contributed by atoms with van der Waals surface area (Å²) in [6.07, 6.45) is 0. The number of likely N-dealkylation sites (N-methyl/N-ethyl adjacent to an activating group) is 1. The highest BCUT2D eigenvalue weighted by Gasteiger charge is 2.12. The van der Waals surface area contributed by atoms with Gasteiger partial charge in [-0.15, -0.1) is 11.3 Å². The Kier molecular flexibility index (Phi) is 4.74. The van der Waals surface area contributed by atoms with Crippen molar-refractivity contribution in [3.8, 4) is 11.3 Å². The Morgan fingerprint density at radius 1 is 1.35 bits per heavy atom. The van der Waals surface area contributed by atoms with Crippen LogP contribution in [0.25, 0.3) is 11.3 Å². The largest absolute Gasteiger partial charge is 0.352 e. The van der Waals surface area contributed by atoms with Crippen molar-refractivity contribution in [2.75, 3.05) is 18.5 Å². The molecule has 0 atom stereocenters. The van der Waals surface area contributed by atoms with Crippen LogP contribution in [0.15, 0.2) is 35.7 Å². The smallest absolute Gasteiger partial charge is 0.239 e. The summed E-state index contributed by atoms with van der Waals surface area (Å²) >= 11 is 1.55. The molecule has 1 aromatic heterocycles. The lowest BCUT2D eigenvalue weighted by Gasteiger charge is -2.16. The first-order chi connectivity index (χ1) is 9.56. The highest BCUT2D eigenvalue weighted by molar-refractivity contribution is 7.14. The number of aromatic nitrogens is 1. The minimum atomic E-state index is 0.0129. The Hall–Kier alpha value is -1.88. The molecule has 106 valence electrons. The lowest BCUT2D eigenvalue weighted by Crippen LogP contribution is -2.38. The van der Waals surface area contributed by atoms with E-state index in [-0.39, 0.29) is 11.9 Å². The summed E-state index contributed by atoms with van der Waals surface area (Å²) in [5, 5.41) is 5.74. The van der Waals surface area contributed by atoms with Gasteiger partial charge in [-0.25, -0.2) is 4.98 Å². The molecular weight excluding hydrogens is 270 g/mol. The van der Waals surface area contributed by atoms with Crippen molar-refractivity contribution in [2.24, 2.45) is 0 Å². The second kappa shape index (κ2) is 6.52. The van der Waals surface area contributed by atoms with E-state index < -0.39 is 0 Å². The Labute approximate surface area is 123 Å². The number of nitrogens with one attached hydrogen (secondary N) is 1. The van der Waals surface area contributed by atoms with Crippen molar-refractivity contribution in [1.82, 2.24) is 10.3 Å². The van der Waals surface area contributed by atoms with Crippen molar-refractivity contribution in [1.29, 1.82) is 0 Å². The Morgan fingerprint density at radius 2 is 2.05 bits per heavy atom. The first-order valence-electron chi connectivity index (χ1n) is 6.57. The molecule has 0 bridgehead atoms. The van der Waals surface area contributed by atoms with E-state index in [0.29, 0.717) is 6.54 Å². The number of anilines is 1. The number of nitrogens with zero attached hydrogens (tertiary/aromatic N) is 2. The number of hydrogen-bond acceptors (Lipinski definition) is 4. The molecule has 0 aliphatic heterocycles. The molecule has 1 heterocycles. The molecule has 0 aliphatic carbocycles. The first-order valence-corrected chi connectivity index (χ1v) is 7.45. The van der Waals surface area contributed by atoms with Gasteiger partial charge in [0.1, 0.15) is 0 Å². The standard InChI is InChI=1S/C15H19N3OS/c1-11(2)16-14(19)9-18(3)15-17-13(10-20-15)12-7-5-4-6-8-12/h4-8,10-11H,9H2,1-3H3,(H,16,19). The van der Waals surface area contributed by atoms with E-state index in [2.05, 4.69) is 10.3 Å². The van der Waals surface area contributed by atoms with E-state index in [4.69, 9.17) is 0 Å². The third kappa shape index (κ3) is 3.81. The number of thiazole rings is 1. The van der Waals surface area contributed by atoms with E-state index in [1.165, 1.54) is 0 Å². The normalized spacial score (nSPS) is 10.6. The van der Waals surface area contributed by atoms with Gasteiger partial charge in [0.05, 0.1) is 12.2 Å². The molecule has 1 aromatic carbocycles. The SMILES string of the molecule is CC(C)NC(=O)CN(C)c1nc(-c2ccccc2)cs1. The van der Waals surface area contributed by atoms with Crippen molar-refractivity contribution < 1.29 is 4.79 Å². The van der Waals surface area contributed by atoms with Gasteiger partial charge in [0.15, 0.2) is 5.13 Å². The van der Waals surface area contributed by atoms with Gasteiger partial charge in [-0.2, -0.15) is 0 Å². The van der Waals surface area contributed by atoms with Crippen LogP contribution in [0.4, 0.5) is 5.13 Å². The van der Waals surface area contributed by atoms with Crippen LogP contribution in [0.2, 0.25) is 0 Å². The lowest BCUT2D eigenvalue weighted by atomic mass is 10.2. The fourth-order valence-corrected chi connectivity index (χ4v) is 2.63. The van der Waals surface area contributed by atoms with Crippen LogP contribution in [0, 0.1) is 0 Å². The van der Waals surface area contributed by atoms with Gasteiger partial charge in [0.2, 0.25) is 5.91 Å². The number of rotatable bonds is 5. The van der Waals surface area contributed by atoms with Gasteiger partial charge in [0, 0.05) is 24.0 Å². The molecular formula is C15H19N3OS. The maximum Gasteiger partial charge on any atom is 0.239 e. The summed E-state index contributed by atoms with van der Waals surface area (Å²) < 4.78 is 0. The summed E-state index contributed by atoms with van der Waals surface area (Å²) in [5.74, 6) is 0.0129. The predicted molar refractivity (Wildman–Crippen MR) is 84.1 cm³/mol. The molecule has 0 unspecified atom stereocenters. The van der Waals surface area contributed by atoms with Crippen molar-refractivity contribution in [3.05, 3.63) is 35.7 Å². The molecule has 0 saturated carbocycles. The highest BCUT2D eigenvalue weighted by atomic mass is 32.1. The summed E-state index contributed by atoms with van der Waals surface area (Å²) in [7, 11) is 1.88. The molecule has 2 aromatic rings. The number of carbonyl (C=O) groups is 1. The zero-order valence-electron chi connectivity index (χ0n) is 12.0. The molecule has 1 N–H and O–H groups in total. The Morgan fingerprint density at radius 3 is 2.70 bits per heavy atom. The average molecular weight is 289 g/mol. The zero-order valence-corrected chi connectivity index (χ0v) is 12.8. The minimum Gasteiger partial charge on any atom is -0.352 e. The summed E-state index contributed by atoms with van der Waals surface area (Å²) in [4.78, 5) is 18.2. The minimum absolute atomic E-state index is 0.0129. The number of benzene rings is 1. The molecule has 0 aliphatic rings. The third-order valence-electron chi connectivity index (χ3n) is 2.72. The topological polar surface area (TPSA) is 45.2 Å². The van der Waals surface area contributed by atoms with Crippen molar-refractivity contribution in [2.45, 2.75) is 19.9 Å². The Balaban J connectivity index is 2.03. The van der Waals surface area contributed by atoms with Gasteiger partial charge < -0.3 is 10.2 Å². The molecule has 0 saturated heterocycles. The van der Waals surface area contributed by atoms with Gasteiger partial charge in [-0.05, 0) is 13.8 Å². The summed E-state index contributed by atoms with van der Waals surface area (Å²) in [5.41, 5.74) is 2.04. The highest BCUT2D eigenvalue weighted by Crippen LogP contribution is 2.26. The van der Waals surface area contributed by atoms with E-state index in [1.807, 2.05) is 61.5 Å². The van der Waals surface area contributed by atoms with E-state index >= 15 is 0 Å². The lowest BCUT2D eigenvalue weighted by molar-refractivity contribution is -0.120. The van der Waals surface area contributed by atoms with Gasteiger partial charge in [0.25, 0.3) is 0 Å². The Bertz CT molecular complexity index is 566. The number of carbonyl (C=O) groups excluding carboxylic acids is 1. The number of hydrogen-bond donors (Lipinski definition) is 1. The van der Waals surface area contributed by atoms with Crippen LogP contribution < -0.4 is 10.2 Å². The van der Waals surface area contributed by atoms with Crippen LogP contribution in [0.3, 0.4) is 0 Å². The molecule has 20 heavy (non-hydrogen) atoms. The first kappa shape index (κ1) is 14.5. The van der Waals surface area contributed by atoms with Crippen molar-refractivity contribution in [3.63, 3.8) is 0 Å². The predicted octanol–water partition coefficient (Wildman–Crippen LogP) is 2.77. The van der Waals surface area contributed by atoms with Crippen LogP contribution in [0.1, 0.15) is 13.8 Å². The number of amides is 1. The summed E-state index contributed by atoms with van der Waals surface area (Å²) in [6.45, 7) is 4.23. The third-order valence-corrected chi connectivity index (χ3v) is 3.67. The molecule has 1 amide bonds. The monoisotopic (exact) mass is 289 g/mol. The quantitative estimate of drug-likeness (QED) is 0.920. The maximum absolute atomic E-state index is 11.7. The summed E-state index contributed by atoms with van der Waals surface area (Å²) in [6, 6.07) is 10.2. The molecule has 0 radical (unpaired) electrons. The maximum atomic E-state index is 11.7. The molecule has 0 spiro atoms. The molecule has 5 heteroatoms. The molecule has 0 fully saturated rings. The zero-order chi connectivity index (χ0) is 14.5. The van der Waals surface area contributed by atoms with Crippen LogP contribution in [0.5, 0.6) is 0 Å². The van der Waals surface area contributed by atoms with E-state index in [1.54, 1.807) is 11.3 Å². The fourth-order valence-electron chi connectivity index (χ4n) is 1.83. The van der Waals surface area contributed by atoms with Crippen LogP contribution >= 0.6 is 11.3 Å². The van der Waals surface area contributed by atoms with Crippen LogP contribution in [-0.4, -0.2) is 30.5 Å². The molecule has 4 nitrogen and oxygen atoms in total. The average Bonchev–Trinajstić information content (AvgIpc) is 2.88. The van der Waals surface area contributed by atoms with E-state index in [0.717, 1.165) is 16.4 Å². The van der Waals surface area contributed by atoms with Gasteiger partial charge in [-0.1, -0.05) is 30.3 Å². The second-order valence-corrected chi connectivity index (χ2v) is 5.80. The van der Waals surface area contributed by atoms with Gasteiger partial charge in [-0.3, -0.25) is 4.79 Å². The van der Waals surface area contributed by atoms with Gasteiger partial charge >= 0.3 is 0 Å². The van der Waals surface area contributed by atoms with E-state index in [9.17, 15) is 4.79 Å². The fraction of sp³-hybridized carbons (Fsp3) is 0.333. The second-order valence-electron chi connectivity index (χ2n) is 4.96.